The van der Waals surface area contributed by atoms with Crippen LogP contribution in [0.25, 0.3) is 11.3 Å². The van der Waals surface area contributed by atoms with E-state index in [1.165, 1.54) is 0 Å². The Labute approximate surface area is 159 Å². The monoisotopic (exact) mass is 370 g/mol. The molecule has 1 aromatic heterocycles. The molecule has 0 saturated carbocycles. The van der Waals surface area contributed by atoms with Gasteiger partial charge in [-0.1, -0.05) is 18.6 Å². The smallest absolute Gasteiger partial charge is 0.251 e. The molecule has 0 spiro atoms. The van der Waals surface area contributed by atoms with Crippen molar-refractivity contribution in [3.63, 3.8) is 0 Å². The Morgan fingerprint density at radius 2 is 2.19 bits per heavy atom. The standard InChI is InChI=1S/C20H26N4O3/c1-27-19-9-8-18(22-23-19)15-5-4-6-16(13-15)20(26)21-10-12-24-11-3-2-7-17(24)14-25/h4-6,8-9,13,17,25H,2-3,7,10-12,14H2,1H3,(H,21,26)/t17-/m0/s1. The summed E-state index contributed by atoms with van der Waals surface area (Å²) in [5.74, 6) is 0.336. The molecule has 1 fully saturated rings. The lowest BCUT2D eigenvalue weighted by Crippen LogP contribution is -2.45. The summed E-state index contributed by atoms with van der Waals surface area (Å²) in [6.07, 6.45) is 3.33. The predicted molar refractivity (Wildman–Crippen MR) is 103 cm³/mol. The van der Waals surface area contributed by atoms with E-state index < -0.39 is 0 Å². The molecule has 27 heavy (non-hydrogen) atoms. The summed E-state index contributed by atoms with van der Waals surface area (Å²) in [6, 6.07) is 11.1. The van der Waals surface area contributed by atoms with Gasteiger partial charge in [-0.05, 0) is 37.6 Å². The maximum atomic E-state index is 12.5. The van der Waals surface area contributed by atoms with Gasteiger partial charge in [0, 0.05) is 36.3 Å². The third kappa shape index (κ3) is 5.02. The summed E-state index contributed by atoms with van der Waals surface area (Å²) in [4.78, 5) is 14.7. The number of likely N-dealkylation sites (tertiary alicyclic amines) is 1. The van der Waals surface area contributed by atoms with E-state index in [-0.39, 0.29) is 18.6 Å². The third-order valence-electron chi connectivity index (χ3n) is 4.91. The predicted octanol–water partition coefficient (Wildman–Crippen LogP) is 1.73. The Morgan fingerprint density at radius 3 is 2.93 bits per heavy atom. The van der Waals surface area contributed by atoms with Gasteiger partial charge in [0.15, 0.2) is 0 Å². The number of hydrogen-bond acceptors (Lipinski definition) is 6. The van der Waals surface area contributed by atoms with Crippen LogP contribution >= 0.6 is 0 Å². The molecule has 0 aliphatic carbocycles. The second-order valence-corrected chi connectivity index (χ2v) is 6.67. The SMILES string of the molecule is COc1ccc(-c2cccc(C(=O)NCCN3CCCC[C@H]3CO)c2)nn1. The second-order valence-electron chi connectivity index (χ2n) is 6.67. The minimum atomic E-state index is -0.115. The second kappa shape index (κ2) is 9.43. The van der Waals surface area contributed by atoms with Gasteiger partial charge in [-0.2, -0.15) is 0 Å². The van der Waals surface area contributed by atoms with Crippen molar-refractivity contribution < 1.29 is 14.6 Å². The molecule has 1 aliphatic heterocycles. The van der Waals surface area contributed by atoms with E-state index in [1.807, 2.05) is 24.3 Å². The van der Waals surface area contributed by atoms with Gasteiger partial charge in [-0.25, -0.2) is 0 Å². The van der Waals surface area contributed by atoms with Crippen molar-refractivity contribution in [3.05, 3.63) is 42.0 Å². The Hall–Kier alpha value is -2.51. The van der Waals surface area contributed by atoms with Gasteiger partial charge < -0.3 is 15.2 Å². The zero-order chi connectivity index (χ0) is 19.1. The largest absolute Gasteiger partial charge is 0.480 e. The number of rotatable bonds is 7. The lowest BCUT2D eigenvalue weighted by atomic mass is 10.0. The highest BCUT2D eigenvalue weighted by atomic mass is 16.5. The first kappa shape index (κ1) is 19.3. The fraction of sp³-hybridized carbons (Fsp3) is 0.450. The number of methoxy groups -OCH3 is 1. The van der Waals surface area contributed by atoms with Gasteiger partial charge in [-0.15, -0.1) is 10.2 Å². The molecule has 1 saturated heterocycles. The van der Waals surface area contributed by atoms with Gasteiger partial charge in [0.25, 0.3) is 5.91 Å². The van der Waals surface area contributed by atoms with Crippen molar-refractivity contribution in [2.45, 2.75) is 25.3 Å². The molecule has 144 valence electrons. The fourth-order valence-corrected chi connectivity index (χ4v) is 3.38. The molecule has 1 aliphatic rings. The number of amides is 1. The molecule has 7 heteroatoms. The minimum Gasteiger partial charge on any atom is -0.480 e. The van der Waals surface area contributed by atoms with Gasteiger partial charge in [-0.3, -0.25) is 9.69 Å². The average molecular weight is 370 g/mol. The van der Waals surface area contributed by atoms with E-state index in [4.69, 9.17) is 4.74 Å². The highest BCUT2D eigenvalue weighted by molar-refractivity contribution is 5.95. The van der Waals surface area contributed by atoms with Crippen LogP contribution in [0.5, 0.6) is 5.88 Å². The van der Waals surface area contributed by atoms with Crippen molar-refractivity contribution in [2.24, 2.45) is 0 Å². The van der Waals surface area contributed by atoms with Gasteiger partial charge in [0.1, 0.15) is 0 Å². The number of ether oxygens (including phenoxy) is 1. The van der Waals surface area contributed by atoms with E-state index in [0.29, 0.717) is 23.7 Å². The van der Waals surface area contributed by atoms with Crippen LogP contribution in [0.1, 0.15) is 29.6 Å². The number of nitrogens with one attached hydrogen (secondary N) is 1. The number of carbonyl (C=O) groups is 1. The van der Waals surface area contributed by atoms with Crippen LogP contribution in [0.3, 0.4) is 0 Å². The molecule has 1 amide bonds. The van der Waals surface area contributed by atoms with E-state index in [1.54, 1.807) is 19.2 Å². The molecule has 2 N–H and O–H groups in total. The summed E-state index contributed by atoms with van der Waals surface area (Å²) in [5.41, 5.74) is 2.10. The topological polar surface area (TPSA) is 87.6 Å². The maximum Gasteiger partial charge on any atom is 0.251 e. The molecular weight excluding hydrogens is 344 g/mol. The fourth-order valence-electron chi connectivity index (χ4n) is 3.38. The quantitative estimate of drug-likeness (QED) is 0.772. The van der Waals surface area contributed by atoms with Crippen molar-refractivity contribution in [1.82, 2.24) is 20.4 Å². The Balaban J connectivity index is 1.58. The van der Waals surface area contributed by atoms with Crippen LogP contribution in [0.2, 0.25) is 0 Å². The van der Waals surface area contributed by atoms with E-state index in [0.717, 1.165) is 37.9 Å². The lowest BCUT2D eigenvalue weighted by molar-refractivity contribution is 0.0849. The normalized spacial score (nSPS) is 17.5. The molecule has 7 nitrogen and oxygen atoms in total. The average Bonchev–Trinajstić information content (AvgIpc) is 2.74. The molecule has 0 radical (unpaired) electrons. The summed E-state index contributed by atoms with van der Waals surface area (Å²) in [6.45, 7) is 2.47. The highest BCUT2D eigenvalue weighted by Gasteiger charge is 2.21. The van der Waals surface area contributed by atoms with Crippen LogP contribution in [0, 0.1) is 0 Å². The van der Waals surface area contributed by atoms with Crippen LogP contribution in [0.15, 0.2) is 36.4 Å². The Morgan fingerprint density at radius 1 is 1.30 bits per heavy atom. The summed E-state index contributed by atoms with van der Waals surface area (Å²) < 4.78 is 5.02. The number of piperidine rings is 1. The van der Waals surface area contributed by atoms with Crippen LogP contribution in [-0.4, -0.2) is 65.5 Å². The zero-order valence-electron chi connectivity index (χ0n) is 15.6. The molecule has 1 atom stereocenters. The number of carbonyl (C=O) groups excluding carboxylic acids is 1. The van der Waals surface area contributed by atoms with E-state index >= 15 is 0 Å². The van der Waals surface area contributed by atoms with Crippen molar-refractivity contribution in [2.75, 3.05) is 33.4 Å². The number of aliphatic hydroxyl groups excluding tert-OH is 1. The van der Waals surface area contributed by atoms with E-state index in [2.05, 4.69) is 20.4 Å². The summed E-state index contributed by atoms with van der Waals surface area (Å²) in [5, 5.41) is 20.5. The Kier molecular flexibility index (Phi) is 6.73. The number of benzene rings is 1. The lowest BCUT2D eigenvalue weighted by Gasteiger charge is -2.34. The number of aromatic nitrogens is 2. The van der Waals surface area contributed by atoms with Crippen molar-refractivity contribution in [1.29, 1.82) is 0 Å². The van der Waals surface area contributed by atoms with Crippen LogP contribution in [0.4, 0.5) is 0 Å². The first-order chi connectivity index (χ1) is 13.2. The van der Waals surface area contributed by atoms with Crippen LogP contribution < -0.4 is 10.1 Å². The molecule has 2 aromatic rings. The van der Waals surface area contributed by atoms with Crippen LogP contribution in [-0.2, 0) is 0 Å². The molecule has 1 aromatic carbocycles. The van der Waals surface area contributed by atoms with E-state index in [9.17, 15) is 9.90 Å². The van der Waals surface area contributed by atoms with Gasteiger partial charge in [0.2, 0.25) is 5.88 Å². The van der Waals surface area contributed by atoms with Crippen molar-refractivity contribution >= 4 is 5.91 Å². The molecule has 3 rings (SSSR count). The number of aliphatic hydroxyl groups is 1. The Bertz CT molecular complexity index is 751. The number of nitrogens with zero attached hydrogens (tertiary/aromatic N) is 3. The first-order valence-corrected chi connectivity index (χ1v) is 9.32. The highest BCUT2D eigenvalue weighted by Crippen LogP contribution is 2.19. The minimum absolute atomic E-state index is 0.115. The molecule has 2 heterocycles. The van der Waals surface area contributed by atoms with Crippen molar-refractivity contribution in [3.8, 4) is 17.1 Å². The third-order valence-corrected chi connectivity index (χ3v) is 4.91. The molecule has 0 bridgehead atoms. The summed E-state index contributed by atoms with van der Waals surface area (Å²) in [7, 11) is 1.54. The zero-order valence-corrected chi connectivity index (χ0v) is 15.6. The first-order valence-electron chi connectivity index (χ1n) is 9.32. The number of hydrogen-bond donors (Lipinski definition) is 2. The summed E-state index contributed by atoms with van der Waals surface area (Å²) >= 11 is 0. The maximum absolute atomic E-state index is 12.5. The molecular formula is C20H26N4O3. The molecule has 0 unspecified atom stereocenters. The van der Waals surface area contributed by atoms with Gasteiger partial charge in [0.05, 0.1) is 19.4 Å². The van der Waals surface area contributed by atoms with Gasteiger partial charge >= 0.3 is 0 Å².